The smallest absolute Gasteiger partial charge is 0.243 e. The first-order valence-electron chi connectivity index (χ1n) is 11.7. The predicted molar refractivity (Wildman–Crippen MR) is 128 cm³/mol. The Bertz CT molecular complexity index is 1140. The largest absolute Gasteiger partial charge is 0.492 e. The normalized spacial score (nSPS) is 20.8. The molecule has 0 saturated carbocycles. The van der Waals surface area contributed by atoms with E-state index < -0.39 is 10.0 Å². The second-order valence-electron chi connectivity index (χ2n) is 8.70. The van der Waals surface area contributed by atoms with Crippen molar-refractivity contribution in [2.75, 3.05) is 46.0 Å². The number of fused-ring (bicyclic) bond motifs is 1. The third-order valence-corrected chi connectivity index (χ3v) is 8.52. The summed E-state index contributed by atoms with van der Waals surface area (Å²) in [5.74, 6) is 0.690. The van der Waals surface area contributed by atoms with Crippen LogP contribution in [0.1, 0.15) is 31.0 Å². The molecule has 2 fully saturated rings. The van der Waals surface area contributed by atoms with Gasteiger partial charge in [0.1, 0.15) is 12.4 Å². The number of likely N-dealkylation sites (tertiary alicyclic amines) is 1. The number of para-hydroxylation sites is 1. The van der Waals surface area contributed by atoms with E-state index in [9.17, 15) is 8.42 Å². The van der Waals surface area contributed by atoms with Crippen LogP contribution in [0, 0.1) is 0 Å². The Morgan fingerprint density at radius 3 is 2.58 bits per heavy atom. The molecule has 0 aliphatic carbocycles. The highest BCUT2D eigenvalue weighted by Crippen LogP contribution is 2.32. The van der Waals surface area contributed by atoms with Crippen LogP contribution in [0.15, 0.2) is 59.5 Å². The van der Waals surface area contributed by atoms with Gasteiger partial charge in [-0.25, -0.2) is 8.42 Å². The van der Waals surface area contributed by atoms with Crippen LogP contribution in [0.3, 0.4) is 0 Å². The second kappa shape index (κ2) is 9.85. The number of H-pyrrole nitrogens is 1. The lowest BCUT2D eigenvalue weighted by molar-refractivity contribution is 0.0730. The molecule has 1 unspecified atom stereocenters. The molecule has 5 rings (SSSR count). The molecular weight excluding hydrogens is 438 g/mol. The Labute approximate surface area is 195 Å². The molecule has 1 aromatic heterocycles. The summed E-state index contributed by atoms with van der Waals surface area (Å²) in [6.45, 7) is 4.12. The molecule has 2 aliphatic rings. The van der Waals surface area contributed by atoms with E-state index >= 15 is 0 Å². The fourth-order valence-electron chi connectivity index (χ4n) is 4.81. The van der Waals surface area contributed by atoms with Crippen LogP contribution in [-0.2, 0) is 14.8 Å². The highest BCUT2D eigenvalue weighted by Gasteiger charge is 2.27. The molecule has 1 N–H and O–H groups in total. The van der Waals surface area contributed by atoms with Crippen LogP contribution in [0.2, 0.25) is 0 Å². The lowest BCUT2D eigenvalue weighted by Crippen LogP contribution is -2.40. The predicted octanol–water partition coefficient (Wildman–Crippen LogP) is 3.79. The summed E-state index contributed by atoms with van der Waals surface area (Å²) < 4.78 is 38.3. The number of piperidine rings is 1. The summed E-state index contributed by atoms with van der Waals surface area (Å²) in [7, 11) is -3.48. The van der Waals surface area contributed by atoms with E-state index in [0.29, 0.717) is 49.6 Å². The zero-order chi connectivity index (χ0) is 22.7. The first-order chi connectivity index (χ1) is 16.1. The minimum absolute atomic E-state index is 0.298. The Morgan fingerprint density at radius 1 is 1.00 bits per heavy atom. The molecule has 1 atom stereocenters. The van der Waals surface area contributed by atoms with Gasteiger partial charge in [0, 0.05) is 36.9 Å². The van der Waals surface area contributed by atoms with Gasteiger partial charge in [-0.05, 0) is 61.2 Å². The molecule has 3 heterocycles. The van der Waals surface area contributed by atoms with Crippen molar-refractivity contribution >= 4 is 20.9 Å². The maximum atomic E-state index is 12.8. The molecule has 0 radical (unpaired) electrons. The van der Waals surface area contributed by atoms with Crippen LogP contribution in [0.25, 0.3) is 10.9 Å². The Balaban J connectivity index is 1.19. The van der Waals surface area contributed by atoms with Gasteiger partial charge in [0.2, 0.25) is 10.0 Å². The number of sulfonamides is 1. The van der Waals surface area contributed by atoms with E-state index in [-0.39, 0.29) is 0 Å². The topological polar surface area (TPSA) is 74.9 Å². The standard InChI is InChI=1S/C25H31N3O4S/c29-33(30,28-14-16-31-17-15-28)22-10-8-21(9-11-22)32-18-13-27-12-4-3-7-25(27)24-19-20-5-1-2-6-23(20)26-24/h1-2,5-6,8-11,19,25-26H,3-4,7,12-18H2. The molecule has 0 amide bonds. The van der Waals surface area contributed by atoms with E-state index in [4.69, 9.17) is 9.47 Å². The van der Waals surface area contributed by atoms with Crippen molar-refractivity contribution < 1.29 is 17.9 Å². The highest BCUT2D eigenvalue weighted by atomic mass is 32.2. The van der Waals surface area contributed by atoms with Crippen LogP contribution < -0.4 is 4.74 Å². The molecule has 2 aliphatic heterocycles. The van der Waals surface area contributed by atoms with E-state index in [1.54, 1.807) is 24.3 Å². The number of benzene rings is 2. The second-order valence-corrected chi connectivity index (χ2v) is 10.6. The number of aromatic amines is 1. The number of nitrogens with one attached hydrogen (secondary N) is 1. The third-order valence-electron chi connectivity index (χ3n) is 6.60. The summed E-state index contributed by atoms with van der Waals surface area (Å²) >= 11 is 0. The number of hydrogen-bond acceptors (Lipinski definition) is 5. The van der Waals surface area contributed by atoms with Gasteiger partial charge in [0.15, 0.2) is 0 Å². The maximum Gasteiger partial charge on any atom is 0.243 e. The quantitative estimate of drug-likeness (QED) is 0.570. The zero-order valence-corrected chi connectivity index (χ0v) is 19.6. The number of rotatable bonds is 7. The molecule has 2 saturated heterocycles. The lowest BCUT2D eigenvalue weighted by atomic mass is 9.99. The van der Waals surface area contributed by atoms with E-state index in [2.05, 4.69) is 40.2 Å². The monoisotopic (exact) mass is 469 g/mol. The molecule has 7 nitrogen and oxygen atoms in total. The fourth-order valence-corrected chi connectivity index (χ4v) is 6.22. The average Bonchev–Trinajstić information content (AvgIpc) is 3.29. The van der Waals surface area contributed by atoms with Gasteiger partial charge >= 0.3 is 0 Å². The Hall–Kier alpha value is -2.39. The third kappa shape index (κ3) is 4.94. The molecule has 0 spiro atoms. The zero-order valence-electron chi connectivity index (χ0n) is 18.8. The fraction of sp³-hybridized carbons (Fsp3) is 0.440. The molecule has 3 aromatic rings. The van der Waals surface area contributed by atoms with Crippen LogP contribution in [-0.4, -0.2) is 68.6 Å². The van der Waals surface area contributed by atoms with Gasteiger partial charge in [0.25, 0.3) is 0 Å². The highest BCUT2D eigenvalue weighted by molar-refractivity contribution is 7.89. The van der Waals surface area contributed by atoms with Gasteiger partial charge in [-0.2, -0.15) is 4.31 Å². The van der Waals surface area contributed by atoms with E-state index in [0.717, 1.165) is 19.5 Å². The molecular formula is C25H31N3O4S. The van der Waals surface area contributed by atoms with Gasteiger partial charge in [0.05, 0.1) is 18.1 Å². The molecule has 0 bridgehead atoms. The van der Waals surface area contributed by atoms with Gasteiger partial charge in [-0.15, -0.1) is 0 Å². The first-order valence-corrected chi connectivity index (χ1v) is 13.2. The Kier molecular flexibility index (Phi) is 6.69. The maximum absolute atomic E-state index is 12.8. The van der Waals surface area contributed by atoms with Crippen molar-refractivity contribution in [3.8, 4) is 5.75 Å². The van der Waals surface area contributed by atoms with E-state index in [1.165, 1.54) is 33.7 Å². The van der Waals surface area contributed by atoms with Crippen LogP contribution >= 0.6 is 0 Å². The van der Waals surface area contributed by atoms with Gasteiger partial charge in [-0.1, -0.05) is 24.6 Å². The first kappa shape index (κ1) is 22.4. The van der Waals surface area contributed by atoms with Crippen molar-refractivity contribution in [3.63, 3.8) is 0 Å². The molecule has 2 aromatic carbocycles. The molecule has 33 heavy (non-hydrogen) atoms. The lowest BCUT2D eigenvalue weighted by Gasteiger charge is -2.35. The Morgan fingerprint density at radius 2 is 1.79 bits per heavy atom. The minimum Gasteiger partial charge on any atom is -0.492 e. The molecule has 176 valence electrons. The number of ether oxygens (including phenoxy) is 2. The average molecular weight is 470 g/mol. The number of hydrogen-bond donors (Lipinski definition) is 1. The number of aromatic nitrogens is 1. The van der Waals surface area contributed by atoms with Gasteiger partial charge < -0.3 is 14.5 Å². The van der Waals surface area contributed by atoms with Crippen molar-refractivity contribution in [1.82, 2.24) is 14.2 Å². The van der Waals surface area contributed by atoms with Crippen molar-refractivity contribution in [2.24, 2.45) is 0 Å². The van der Waals surface area contributed by atoms with E-state index in [1.807, 2.05) is 0 Å². The van der Waals surface area contributed by atoms with Crippen molar-refractivity contribution in [1.29, 1.82) is 0 Å². The summed E-state index contributed by atoms with van der Waals surface area (Å²) in [6, 6.07) is 17.8. The van der Waals surface area contributed by atoms with Crippen molar-refractivity contribution in [3.05, 3.63) is 60.3 Å². The minimum atomic E-state index is -3.48. The molecule has 8 heteroatoms. The summed E-state index contributed by atoms with van der Waals surface area (Å²) in [4.78, 5) is 6.39. The summed E-state index contributed by atoms with van der Waals surface area (Å²) in [5.41, 5.74) is 2.45. The summed E-state index contributed by atoms with van der Waals surface area (Å²) in [5, 5.41) is 1.25. The van der Waals surface area contributed by atoms with Crippen LogP contribution in [0.5, 0.6) is 5.75 Å². The SMILES string of the molecule is O=S(=O)(c1ccc(OCCN2CCCCC2c2cc3ccccc3[nH]2)cc1)N1CCOCC1. The number of nitrogens with zero attached hydrogens (tertiary/aromatic N) is 2. The van der Waals surface area contributed by atoms with Crippen molar-refractivity contribution in [2.45, 2.75) is 30.2 Å². The van der Waals surface area contributed by atoms with Gasteiger partial charge in [-0.3, -0.25) is 4.90 Å². The van der Waals surface area contributed by atoms with Crippen LogP contribution in [0.4, 0.5) is 0 Å². The summed E-state index contributed by atoms with van der Waals surface area (Å²) in [6.07, 6.45) is 3.57. The number of morpholine rings is 1.